The van der Waals surface area contributed by atoms with Gasteiger partial charge in [-0.2, -0.15) is 4.98 Å². The zero-order valence-corrected chi connectivity index (χ0v) is 16.0. The van der Waals surface area contributed by atoms with Crippen LogP contribution in [0.5, 0.6) is 5.88 Å². The van der Waals surface area contributed by atoms with Crippen molar-refractivity contribution in [2.24, 2.45) is 0 Å². The molecule has 0 aromatic carbocycles. The van der Waals surface area contributed by atoms with Gasteiger partial charge >= 0.3 is 0 Å². The van der Waals surface area contributed by atoms with Gasteiger partial charge in [0.25, 0.3) is 11.8 Å². The number of nitrogens with zero attached hydrogens (tertiary/aromatic N) is 5. The zero-order chi connectivity index (χ0) is 20.1. The van der Waals surface area contributed by atoms with Gasteiger partial charge in [-0.1, -0.05) is 5.16 Å². The van der Waals surface area contributed by atoms with Crippen LogP contribution in [0.1, 0.15) is 29.0 Å². The molecule has 0 spiro atoms. The van der Waals surface area contributed by atoms with Crippen molar-refractivity contribution in [1.82, 2.24) is 25.0 Å². The molecule has 150 valence electrons. The Balaban J connectivity index is 1.33. The molecule has 9 nitrogen and oxygen atoms in total. The van der Waals surface area contributed by atoms with Gasteiger partial charge in [-0.25, -0.2) is 4.98 Å². The van der Waals surface area contributed by atoms with Crippen LogP contribution >= 0.6 is 0 Å². The quantitative estimate of drug-likeness (QED) is 0.627. The third kappa shape index (κ3) is 4.57. The highest BCUT2D eigenvalue weighted by Crippen LogP contribution is 2.19. The summed E-state index contributed by atoms with van der Waals surface area (Å²) >= 11 is 0. The van der Waals surface area contributed by atoms with Crippen molar-refractivity contribution in [3.63, 3.8) is 0 Å². The fourth-order valence-corrected chi connectivity index (χ4v) is 3.19. The highest BCUT2D eigenvalue weighted by molar-refractivity contribution is 5.94. The molecule has 0 N–H and O–H groups in total. The molecule has 1 fully saturated rings. The summed E-state index contributed by atoms with van der Waals surface area (Å²) < 4.78 is 16.3. The Morgan fingerprint density at radius 3 is 2.90 bits per heavy atom. The molecule has 9 heteroatoms. The van der Waals surface area contributed by atoms with Gasteiger partial charge < -0.3 is 18.9 Å². The molecular formula is C20H21N5O4. The van der Waals surface area contributed by atoms with Crippen molar-refractivity contribution in [3.8, 4) is 17.3 Å². The maximum Gasteiger partial charge on any atom is 0.258 e. The van der Waals surface area contributed by atoms with Crippen LogP contribution in [0.2, 0.25) is 0 Å². The van der Waals surface area contributed by atoms with Crippen LogP contribution < -0.4 is 4.74 Å². The van der Waals surface area contributed by atoms with E-state index in [4.69, 9.17) is 14.0 Å². The highest BCUT2D eigenvalue weighted by Gasteiger charge is 2.25. The Morgan fingerprint density at radius 2 is 2.14 bits per heavy atom. The average molecular weight is 395 g/mol. The van der Waals surface area contributed by atoms with E-state index in [1.165, 1.54) is 6.20 Å². The normalized spacial score (nSPS) is 16.6. The van der Waals surface area contributed by atoms with Gasteiger partial charge in [-0.05, 0) is 31.0 Å². The molecule has 1 aliphatic rings. The van der Waals surface area contributed by atoms with Crippen molar-refractivity contribution >= 4 is 5.91 Å². The summed E-state index contributed by atoms with van der Waals surface area (Å²) in [6, 6.07) is 7.01. The van der Waals surface area contributed by atoms with E-state index in [-0.39, 0.29) is 18.6 Å². The average Bonchev–Trinajstić information content (AvgIpc) is 3.27. The second-order valence-corrected chi connectivity index (χ2v) is 6.67. The topological polar surface area (TPSA) is 103 Å². The van der Waals surface area contributed by atoms with Crippen LogP contribution in [0, 0.1) is 0 Å². The number of rotatable bonds is 6. The summed E-state index contributed by atoms with van der Waals surface area (Å²) in [4.78, 5) is 26.9. The Bertz CT molecular complexity index is 945. The minimum absolute atomic E-state index is 0.0620. The maximum atomic E-state index is 12.7. The molecule has 1 amide bonds. The SMILES string of the molecule is COc1ccc(C(=O)N2CCCC(OCc3noc(-c4ccncc4)n3)C2)cn1. The number of pyridine rings is 2. The standard InChI is InChI=1S/C20H21N5O4/c1-27-18-5-4-15(11-22-18)20(26)25-10-2-3-16(12-25)28-13-17-23-19(29-24-17)14-6-8-21-9-7-14/h4-9,11,16H,2-3,10,12-13H2,1H3. The molecular weight excluding hydrogens is 374 g/mol. The van der Waals surface area contributed by atoms with Gasteiger partial charge in [0.1, 0.15) is 6.61 Å². The molecule has 0 aliphatic carbocycles. The number of carbonyl (C=O) groups is 1. The van der Waals surface area contributed by atoms with E-state index in [0.29, 0.717) is 36.2 Å². The van der Waals surface area contributed by atoms with E-state index < -0.39 is 0 Å². The molecule has 0 saturated carbocycles. The number of carbonyl (C=O) groups excluding carboxylic acids is 1. The summed E-state index contributed by atoms with van der Waals surface area (Å²) in [5.41, 5.74) is 1.34. The lowest BCUT2D eigenvalue weighted by molar-refractivity contribution is -0.00962. The summed E-state index contributed by atoms with van der Waals surface area (Å²) in [7, 11) is 1.54. The van der Waals surface area contributed by atoms with E-state index in [9.17, 15) is 4.79 Å². The van der Waals surface area contributed by atoms with Gasteiger partial charge in [-0.15, -0.1) is 0 Å². The van der Waals surface area contributed by atoms with Gasteiger partial charge in [-0.3, -0.25) is 9.78 Å². The summed E-state index contributed by atoms with van der Waals surface area (Å²) in [5.74, 6) is 1.32. The number of likely N-dealkylation sites (tertiary alicyclic amines) is 1. The van der Waals surface area contributed by atoms with Crippen LogP contribution in [0.3, 0.4) is 0 Å². The first-order chi connectivity index (χ1) is 14.2. The van der Waals surface area contributed by atoms with E-state index in [0.717, 1.165) is 18.4 Å². The molecule has 3 aromatic rings. The van der Waals surface area contributed by atoms with Gasteiger partial charge in [0.15, 0.2) is 5.82 Å². The molecule has 4 heterocycles. The largest absolute Gasteiger partial charge is 0.481 e. The first-order valence-corrected chi connectivity index (χ1v) is 9.37. The van der Waals surface area contributed by atoms with Crippen molar-refractivity contribution in [2.45, 2.75) is 25.6 Å². The van der Waals surface area contributed by atoms with Crippen LogP contribution in [0.25, 0.3) is 11.5 Å². The fraction of sp³-hybridized carbons (Fsp3) is 0.350. The highest BCUT2D eigenvalue weighted by atomic mass is 16.5. The van der Waals surface area contributed by atoms with Crippen molar-refractivity contribution < 1.29 is 18.8 Å². The van der Waals surface area contributed by atoms with Crippen molar-refractivity contribution in [1.29, 1.82) is 0 Å². The number of hydrogen-bond donors (Lipinski definition) is 0. The number of amides is 1. The first kappa shape index (κ1) is 19.0. The van der Waals surface area contributed by atoms with Crippen LogP contribution in [0.15, 0.2) is 47.4 Å². The lowest BCUT2D eigenvalue weighted by Gasteiger charge is -2.32. The maximum absolute atomic E-state index is 12.7. The van der Waals surface area contributed by atoms with Crippen LogP contribution in [-0.2, 0) is 11.3 Å². The van der Waals surface area contributed by atoms with Crippen LogP contribution in [-0.4, -0.2) is 57.2 Å². The van der Waals surface area contributed by atoms with Gasteiger partial charge in [0.05, 0.1) is 18.8 Å². The number of hydrogen-bond acceptors (Lipinski definition) is 8. The fourth-order valence-electron chi connectivity index (χ4n) is 3.19. The molecule has 1 atom stereocenters. The van der Waals surface area contributed by atoms with Gasteiger partial charge in [0, 0.05) is 43.3 Å². The van der Waals surface area contributed by atoms with Crippen molar-refractivity contribution in [3.05, 3.63) is 54.2 Å². The predicted molar refractivity (Wildman–Crippen MR) is 102 cm³/mol. The Kier molecular flexibility index (Phi) is 5.76. The Hall–Kier alpha value is -3.33. The van der Waals surface area contributed by atoms with E-state index >= 15 is 0 Å². The Morgan fingerprint density at radius 1 is 1.28 bits per heavy atom. The molecule has 1 saturated heterocycles. The number of aromatic nitrogens is 4. The predicted octanol–water partition coefficient (Wildman–Crippen LogP) is 2.36. The van der Waals surface area contributed by atoms with Crippen LogP contribution in [0.4, 0.5) is 0 Å². The molecule has 1 aliphatic heterocycles. The lowest BCUT2D eigenvalue weighted by atomic mass is 10.1. The van der Waals surface area contributed by atoms with Crippen molar-refractivity contribution in [2.75, 3.05) is 20.2 Å². The molecule has 0 radical (unpaired) electrons. The summed E-state index contributed by atoms with van der Waals surface area (Å²) in [6.07, 6.45) is 6.53. The first-order valence-electron chi connectivity index (χ1n) is 9.37. The van der Waals surface area contributed by atoms with E-state index in [1.54, 1.807) is 48.7 Å². The molecule has 0 bridgehead atoms. The third-order valence-corrected chi connectivity index (χ3v) is 4.70. The third-order valence-electron chi connectivity index (χ3n) is 4.70. The molecule has 1 unspecified atom stereocenters. The minimum atomic E-state index is -0.0817. The summed E-state index contributed by atoms with van der Waals surface area (Å²) in [6.45, 7) is 1.43. The minimum Gasteiger partial charge on any atom is -0.481 e. The molecule has 4 rings (SSSR count). The summed E-state index contributed by atoms with van der Waals surface area (Å²) in [5, 5.41) is 3.96. The number of ether oxygens (including phenoxy) is 2. The van der Waals surface area contributed by atoms with E-state index in [1.807, 2.05) is 0 Å². The molecule has 3 aromatic heterocycles. The second-order valence-electron chi connectivity index (χ2n) is 6.67. The monoisotopic (exact) mass is 395 g/mol. The zero-order valence-electron chi connectivity index (χ0n) is 16.0. The van der Waals surface area contributed by atoms with Gasteiger partial charge in [0.2, 0.25) is 5.88 Å². The smallest absolute Gasteiger partial charge is 0.258 e. The van der Waals surface area contributed by atoms with E-state index in [2.05, 4.69) is 20.1 Å². The lowest BCUT2D eigenvalue weighted by Crippen LogP contribution is -2.43. The second kappa shape index (κ2) is 8.78. The Labute approximate surface area is 167 Å². The molecule has 29 heavy (non-hydrogen) atoms. The number of methoxy groups -OCH3 is 1. The number of piperidine rings is 1.